The van der Waals surface area contributed by atoms with Gasteiger partial charge in [-0.05, 0) is 18.2 Å². The first-order chi connectivity index (χ1) is 7.09. The van der Waals surface area contributed by atoms with Crippen LogP contribution in [0.15, 0.2) is 18.2 Å². The van der Waals surface area contributed by atoms with Gasteiger partial charge in [-0.2, -0.15) is 0 Å². The van der Waals surface area contributed by atoms with E-state index in [4.69, 9.17) is 0 Å². The van der Waals surface area contributed by atoms with E-state index >= 15 is 0 Å². The average Bonchev–Trinajstić information content (AvgIpc) is 2.26. The Bertz CT molecular complexity index is 321. The van der Waals surface area contributed by atoms with Crippen LogP contribution in [-0.2, 0) is 0 Å². The van der Waals surface area contributed by atoms with Crippen LogP contribution in [0.3, 0.4) is 0 Å². The molecule has 0 aliphatic carbocycles. The van der Waals surface area contributed by atoms with Gasteiger partial charge in [0.05, 0.1) is 8.07 Å². The minimum Gasteiger partial charge on any atom is -0.207 e. The Morgan fingerprint density at radius 2 is 1.60 bits per heavy atom. The topological polar surface area (TPSA) is 0 Å². The molecular weight excluding hydrogens is 203 g/mol. The van der Waals surface area contributed by atoms with Gasteiger partial charge in [-0.15, -0.1) is 0 Å². The molecule has 0 aliphatic rings. The number of hydrogen-bond acceptors (Lipinski definition) is 0. The zero-order valence-corrected chi connectivity index (χ0v) is 11.2. The highest BCUT2D eigenvalue weighted by Gasteiger charge is 2.31. The van der Waals surface area contributed by atoms with Gasteiger partial charge < -0.3 is 0 Å². The van der Waals surface area contributed by atoms with Crippen LogP contribution in [0.25, 0.3) is 0 Å². The number of rotatable bonds is 4. The van der Waals surface area contributed by atoms with Crippen molar-refractivity contribution in [3.63, 3.8) is 0 Å². The van der Waals surface area contributed by atoms with E-state index in [1.807, 2.05) is 13.0 Å². The molecule has 0 unspecified atom stereocenters. The molecule has 0 amide bonds. The van der Waals surface area contributed by atoms with Crippen molar-refractivity contribution in [3.05, 3.63) is 29.6 Å². The van der Waals surface area contributed by atoms with Gasteiger partial charge in [0.2, 0.25) is 0 Å². The van der Waals surface area contributed by atoms with Crippen LogP contribution in [0.5, 0.6) is 0 Å². The fourth-order valence-corrected chi connectivity index (χ4v) is 6.13. The molecule has 1 aromatic carbocycles. The van der Waals surface area contributed by atoms with Crippen LogP contribution in [0.2, 0.25) is 18.1 Å². The average molecular weight is 224 g/mol. The SMILES string of the molecule is CC[Si](CC)(CC)c1cc(C)ccc1F. The van der Waals surface area contributed by atoms with E-state index in [9.17, 15) is 4.39 Å². The predicted octanol–water partition coefficient (Wildman–Crippen LogP) is 3.85. The lowest BCUT2D eigenvalue weighted by Gasteiger charge is -2.29. The summed E-state index contributed by atoms with van der Waals surface area (Å²) in [5.74, 6) is 0.0119. The Morgan fingerprint density at radius 3 is 2.07 bits per heavy atom. The predicted molar refractivity (Wildman–Crippen MR) is 68.0 cm³/mol. The Balaban J connectivity index is 3.27. The quantitative estimate of drug-likeness (QED) is 0.682. The second-order valence-corrected chi connectivity index (χ2v) is 9.54. The van der Waals surface area contributed by atoms with Gasteiger partial charge in [0.25, 0.3) is 0 Å². The molecule has 1 aromatic rings. The van der Waals surface area contributed by atoms with Crippen molar-refractivity contribution in [2.24, 2.45) is 0 Å². The number of halogens is 1. The van der Waals surface area contributed by atoms with Crippen molar-refractivity contribution in [1.29, 1.82) is 0 Å². The standard InChI is InChI=1S/C13H21FSi/c1-5-15(6-2,7-3)13-10-11(4)8-9-12(13)14/h8-10H,5-7H2,1-4H3. The van der Waals surface area contributed by atoms with Crippen molar-refractivity contribution in [2.75, 3.05) is 0 Å². The van der Waals surface area contributed by atoms with E-state index in [0.717, 1.165) is 23.3 Å². The molecule has 2 heteroatoms. The summed E-state index contributed by atoms with van der Waals surface area (Å²) in [6.07, 6.45) is 0. The maximum atomic E-state index is 13.9. The Morgan fingerprint density at radius 1 is 1.07 bits per heavy atom. The van der Waals surface area contributed by atoms with E-state index in [1.54, 1.807) is 6.07 Å². The lowest BCUT2D eigenvalue weighted by Crippen LogP contribution is -2.47. The van der Waals surface area contributed by atoms with E-state index in [-0.39, 0.29) is 5.82 Å². The molecule has 0 spiro atoms. The van der Waals surface area contributed by atoms with Gasteiger partial charge in [0.15, 0.2) is 0 Å². The molecule has 84 valence electrons. The minimum atomic E-state index is -1.54. The first kappa shape index (κ1) is 12.4. The van der Waals surface area contributed by atoms with E-state index < -0.39 is 8.07 Å². The van der Waals surface area contributed by atoms with Crippen molar-refractivity contribution in [3.8, 4) is 0 Å². The summed E-state index contributed by atoms with van der Waals surface area (Å²) in [6.45, 7) is 8.67. The molecule has 0 nitrogen and oxygen atoms in total. The fourth-order valence-electron chi connectivity index (χ4n) is 2.37. The summed E-state index contributed by atoms with van der Waals surface area (Å²) < 4.78 is 13.9. The van der Waals surface area contributed by atoms with Gasteiger partial charge in [-0.3, -0.25) is 0 Å². The third kappa shape index (κ3) is 2.31. The van der Waals surface area contributed by atoms with Gasteiger partial charge in [0, 0.05) is 0 Å². The molecule has 0 fully saturated rings. The zero-order chi connectivity index (χ0) is 11.5. The molecule has 0 aromatic heterocycles. The number of hydrogen-bond donors (Lipinski definition) is 0. The molecule has 0 radical (unpaired) electrons. The Labute approximate surface area is 93.5 Å². The maximum absolute atomic E-state index is 13.9. The fraction of sp³-hybridized carbons (Fsp3) is 0.538. The molecule has 15 heavy (non-hydrogen) atoms. The monoisotopic (exact) mass is 224 g/mol. The summed E-state index contributed by atoms with van der Waals surface area (Å²) in [6, 6.07) is 8.98. The smallest absolute Gasteiger partial charge is 0.122 e. The van der Waals surface area contributed by atoms with Crippen molar-refractivity contribution >= 4 is 13.3 Å². The summed E-state index contributed by atoms with van der Waals surface area (Å²) in [5, 5.41) is 1.04. The second-order valence-electron chi connectivity index (χ2n) is 4.32. The highest BCUT2D eigenvalue weighted by molar-refractivity contribution is 6.91. The summed E-state index contributed by atoms with van der Waals surface area (Å²) in [5.41, 5.74) is 1.18. The van der Waals surface area contributed by atoms with Crippen molar-refractivity contribution in [1.82, 2.24) is 0 Å². The van der Waals surface area contributed by atoms with Gasteiger partial charge in [0.1, 0.15) is 5.82 Å². The lowest BCUT2D eigenvalue weighted by atomic mass is 10.2. The van der Waals surface area contributed by atoms with Gasteiger partial charge in [-0.25, -0.2) is 4.39 Å². The van der Waals surface area contributed by atoms with E-state index in [0.29, 0.717) is 0 Å². The third-order valence-electron chi connectivity index (χ3n) is 3.72. The van der Waals surface area contributed by atoms with E-state index in [2.05, 4.69) is 26.8 Å². The molecule has 0 atom stereocenters. The molecule has 0 bridgehead atoms. The largest absolute Gasteiger partial charge is 0.207 e. The number of aryl methyl sites for hydroxylation is 1. The van der Waals surface area contributed by atoms with Crippen LogP contribution in [0, 0.1) is 12.7 Å². The lowest BCUT2D eigenvalue weighted by molar-refractivity contribution is 0.634. The molecule has 0 saturated heterocycles. The molecular formula is C13H21FSi. The summed E-state index contributed by atoms with van der Waals surface area (Å²) >= 11 is 0. The molecule has 1 rings (SSSR count). The summed E-state index contributed by atoms with van der Waals surface area (Å²) in [4.78, 5) is 0. The minimum absolute atomic E-state index is 0.0119. The first-order valence-electron chi connectivity index (χ1n) is 5.86. The van der Waals surface area contributed by atoms with Crippen LogP contribution in [-0.4, -0.2) is 8.07 Å². The van der Waals surface area contributed by atoms with Crippen LogP contribution in [0.1, 0.15) is 26.3 Å². The molecule has 0 saturated carbocycles. The van der Waals surface area contributed by atoms with Crippen molar-refractivity contribution < 1.29 is 4.39 Å². The van der Waals surface area contributed by atoms with Crippen LogP contribution in [0.4, 0.5) is 4.39 Å². The van der Waals surface area contributed by atoms with Crippen molar-refractivity contribution in [2.45, 2.75) is 45.8 Å². The molecule has 0 heterocycles. The maximum Gasteiger partial charge on any atom is 0.122 e. The molecule has 0 aliphatic heterocycles. The van der Waals surface area contributed by atoms with Gasteiger partial charge in [-0.1, -0.05) is 56.6 Å². The second kappa shape index (κ2) is 4.93. The summed E-state index contributed by atoms with van der Waals surface area (Å²) in [7, 11) is -1.54. The number of benzene rings is 1. The van der Waals surface area contributed by atoms with Gasteiger partial charge >= 0.3 is 0 Å². The Kier molecular flexibility index (Phi) is 4.09. The Hall–Kier alpha value is -0.633. The normalized spacial score (nSPS) is 11.8. The third-order valence-corrected chi connectivity index (χ3v) is 9.31. The van der Waals surface area contributed by atoms with Crippen LogP contribution < -0.4 is 5.19 Å². The highest BCUT2D eigenvalue weighted by atomic mass is 28.3. The highest BCUT2D eigenvalue weighted by Crippen LogP contribution is 2.21. The zero-order valence-electron chi connectivity index (χ0n) is 10.2. The molecule has 0 N–H and O–H groups in total. The van der Waals surface area contributed by atoms with Crippen LogP contribution >= 0.6 is 0 Å². The first-order valence-corrected chi connectivity index (χ1v) is 8.48. The van der Waals surface area contributed by atoms with E-state index in [1.165, 1.54) is 5.56 Å².